The molecule has 20 heavy (non-hydrogen) atoms. The van der Waals surface area contributed by atoms with Gasteiger partial charge in [0.15, 0.2) is 0 Å². The second-order valence-corrected chi connectivity index (χ2v) is 5.40. The second-order valence-electron chi connectivity index (χ2n) is 4.73. The summed E-state index contributed by atoms with van der Waals surface area (Å²) in [6, 6.07) is 16.3. The summed E-state index contributed by atoms with van der Waals surface area (Å²) in [5.74, 6) is 1.20. The number of nitrogens with zero attached hydrogens (tertiary/aromatic N) is 2. The van der Waals surface area contributed by atoms with Gasteiger partial charge in [0, 0.05) is 0 Å². The van der Waals surface area contributed by atoms with Crippen molar-refractivity contribution in [3.8, 4) is 0 Å². The van der Waals surface area contributed by atoms with E-state index >= 15 is 0 Å². The van der Waals surface area contributed by atoms with Crippen molar-refractivity contribution in [3.05, 3.63) is 64.9 Å². The Labute approximate surface area is 128 Å². The van der Waals surface area contributed by atoms with Crippen molar-refractivity contribution in [2.75, 3.05) is 0 Å². The third-order valence-electron chi connectivity index (χ3n) is 3.53. The number of hydrogen-bond donors (Lipinski definition) is 0. The highest BCUT2D eigenvalue weighted by Crippen LogP contribution is 2.30. The molecule has 0 bridgehead atoms. The SMILES string of the molecule is CC(c1ccccc1)n1c(CCl)nc2c(Cl)cccc21. The van der Waals surface area contributed by atoms with E-state index in [9.17, 15) is 0 Å². The number of hydrogen-bond acceptors (Lipinski definition) is 1. The van der Waals surface area contributed by atoms with Crippen molar-refractivity contribution in [1.29, 1.82) is 0 Å². The van der Waals surface area contributed by atoms with E-state index in [-0.39, 0.29) is 6.04 Å². The van der Waals surface area contributed by atoms with Gasteiger partial charge in [0.05, 0.1) is 22.5 Å². The lowest BCUT2D eigenvalue weighted by Gasteiger charge is -2.17. The fourth-order valence-corrected chi connectivity index (χ4v) is 2.94. The lowest BCUT2D eigenvalue weighted by molar-refractivity contribution is 0.634. The fourth-order valence-electron chi connectivity index (χ4n) is 2.54. The van der Waals surface area contributed by atoms with Crippen molar-refractivity contribution < 1.29 is 0 Å². The predicted molar refractivity (Wildman–Crippen MR) is 84.6 cm³/mol. The van der Waals surface area contributed by atoms with Crippen LogP contribution in [0.25, 0.3) is 11.0 Å². The van der Waals surface area contributed by atoms with Gasteiger partial charge >= 0.3 is 0 Å². The van der Waals surface area contributed by atoms with Crippen molar-refractivity contribution in [1.82, 2.24) is 9.55 Å². The minimum absolute atomic E-state index is 0.161. The lowest BCUT2D eigenvalue weighted by Crippen LogP contribution is -2.09. The number of alkyl halides is 1. The molecular weight excluding hydrogens is 291 g/mol. The van der Waals surface area contributed by atoms with Crippen molar-refractivity contribution in [3.63, 3.8) is 0 Å². The zero-order valence-electron chi connectivity index (χ0n) is 11.1. The average molecular weight is 305 g/mol. The largest absolute Gasteiger partial charge is 0.320 e. The number of fused-ring (bicyclic) bond motifs is 1. The summed E-state index contributed by atoms with van der Waals surface area (Å²) in [5, 5.41) is 0.660. The maximum atomic E-state index is 6.23. The molecule has 102 valence electrons. The normalized spacial score (nSPS) is 12.8. The highest BCUT2D eigenvalue weighted by atomic mass is 35.5. The monoisotopic (exact) mass is 304 g/mol. The molecule has 0 saturated carbocycles. The van der Waals surface area contributed by atoms with E-state index in [1.807, 2.05) is 36.4 Å². The Morgan fingerprint density at radius 1 is 1.10 bits per heavy atom. The summed E-state index contributed by atoms with van der Waals surface area (Å²) in [6.07, 6.45) is 0. The molecule has 1 atom stereocenters. The zero-order valence-corrected chi connectivity index (χ0v) is 12.6. The summed E-state index contributed by atoms with van der Waals surface area (Å²) < 4.78 is 2.16. The van der Waals surface area contributed by atoms with Crippen LogP contribution in [0.2, 0.25) is 5.02 Å². The summed E-state index contributed by atoms with van der Waals surface area (Å²) in [6.45, 7) is 2.15. The van der Waals surface area contributed by atoms with E-state index in [0.717, 1.165) is 16.9 Å². The van der Waals surface area contributed by atoms with Gasteiger partial charge in [0.1, 0.15) is 11.3 Å². The van der Waals surface area contributed by atoms with Gasteiger partial charge in [0.2, 0.25) is 0 Å². The first kappa shape index (κ1) is 13.5. The quantitative estimate of drug-likeness (QED) is 0.620. The summed E-state index contributed by atoms with van der Waals surface area (Å²) in [5.41, 5.74) is 3.05. The van der Waals surface area contributed by atoms with E-state index < -0.39 is 0 Å². The van der Waals surface area contributed by atoms with Crippen molar-refractivity contribution in [2.24, 2.45) is 0 Å². The minimum atomic E-state index is 0.161. The van der Waals surface area contributed by atoms with Crippen LogP contribution in [0.1, 0.15) is 24.4 Å². The molecule has 0 saturated heterocycles. The van der Waals surface area contributed by atoms with Crippen LogP contribution in [-0.2, 0) is 5.88 Å². The van der Waals surface area contributed by atoms with Crippen LogP contribution in [0.15, 0.2) is 48.5 Å². The fraction of sp³-hybridized carbons (Fsp3) is 0.188. The first-order valence-electron chi connectivity index (χ1n) is 6.48. The lowest BCUT2D eigenvalue weighted by atomic mass is 10.1. The van der Waals surface area contributed by atoms with Gasteiger partial charge in [-0.2, -0.15) is 0 Å². The van der Waals surface area contributed by atoms with E-state index in [0.29, 0.717) is 10.9 Å². The predicted octanol–water partition coefficient (Wildman–Crippen LogP) is 5.04. The Morgan fingerprint density at radius 3 is 2.55 bits per heavy atom. The van der Waals surface area contributed by atoms with Crippen LogP contribution in [0, 0.1) is 0 Å². The number of para-hydroxylation sites is 1. The van der Waals surface area contributed by atoms with E-state index in [1.54, 1.807) is 0 Å². The van der Waals surface area contributed by atoms with Gasteiger partial charge in [-0.15, -0.1) is 11.6 Å². The van der Waals surface area contributed by atoms with Crippen molar-refractivity contribution >= 4 is 34.2 Å². The van der Waals surface area contributed by atoms with E-state index in [1.165, 1.54) is 5.56 Å². The smallest absolute Gasteiger partial charge is 0.125 e. The molecule has 1 heterocycles. The molecule has 0 aliphatic carbocycles. The Morgan fingerprint density at radius 2 is 1.85 bits per heavy atom. The van der Waals surface area contributed by atoms with Gasteiger partial charge in [0.25, 0.3) is 0 Å². The highest BCUT2D eigenvalue weighted by molar-refractivity contribution is 6.35. The van der Waals surface area contributed by atoms with Crippen LogP contribution in [0.5, 0.6) is 0 Å². The molecule has 4 heteroatoms. The molecule has 3 aromatic rings. The number of rotatable bonds is 3. The molecule has 2 nitrogen and oxygen atoms in total. The maximum Gasteiger partial charge on any atom is 0.125 e. The van der Waals surface area contributed by atoms with Crippen LogP contribution >= 0.6 is 23.2 Å². The first-order chi connectivity index (χ1) is 9.72. The average Bonchev–Trinajstić information content (AvgIpc) is 2.87. The molecule has 0 aliphatic rings. The Hall–Kier alpha value is -1.51. The van der Waals surface area contributed by atoms with Gasteiger partial charge in [-0.1, -0.05) is 48.0 Å². The Kier molecular flexibility index (Phi) is 3.68. The van der Waals surface area contributed by atoms with Gasteiger partial charge in [-0.25, -0.2) is 4.98 Å². The summed E-state index contributed by atoms with van der Waals surface area (Å²) >= 11 is 12.3. The molecule has 0 fully saturated rings. The molecule has 3 rings (SSSR count). The summed E-state index contributed by atoms with van der Waals surface area (Å²) in [7, 11) is 0. The molecule has 1 aromatic heterocycles. The maximum absolute atomic E-state index is 6.23. The second kappa shape index (κ2) is 5.47. The number of aromatic nitrogens is 2. The minimum Gasteiger partial charge on any atom is -0.320 e. The topological polar surface area (TPSA) is 17.8 Å². The molecule has 1 unspecified atom stereocenters. The number of imidazole rings is 1. The van der Waals surface area contributed by atoms with E-state index in [4.69, 9.17) is 23.2 Å². The Bertz CT molecular complexity index is 735. The third kappa shape index (κ3) is 2.19. The highest BCUT2D eigenvalue weighted by Gasteiger charge is 2.17. The van der Waals surface area contributed by atoms with Crippen LogP contribution in [0.3, 0.4) is 0 Å². The van der Waals surface area contributed by atoms with E-state index in [2.05, 4.69) is 28.6 Å². The molecule has 0 radical (unpaired) electrons. The van der Waals surface area contributed by atoms with Gasteiger partial charge < -0.3 is 4.57 Å². The molecule has 0 amide bonds. The van der Waals surface area contributed by atoms with Gasteiger partial charge in [-0.3, -0.25) is 0 Å². The molecular formula is C16H14Cl2N2. The number of halogens is 2. The molecule has 0 spiro atoms. The van der Waals surface area contributed by atoms with Crippen molar-refractivity contribution in [2.45, 2.75) is 18.8 Å². The van der Waals surface area contributed by atoms with Crippen LogP contribution in [0.4, 0.5) is 0 Å². The molecule has 0 N–H and O–H groups in total. The van der Waals surface area contributed by atoms with Gasteiger partial charge in [-0.05, 0) is 24.6 Å². The zero-order chi connectivity index (χ0) is 14.1. The standard InChI is InChI=1S/C16H14Cl2N2/c1-11(12-6-3-2-4-7-12)20-14-9-5-8-13(18)16(14)19-15(20)10-17/h2-9,11H,10H2,1H3. The summed E-state index contributed by atoms with van der Waals surface area (Å²) in [4.78, 5) is 4.58. The first-order valence-corrected chi connectivity index (χ1v) is 7.40. The Balaban J connectivity index is 2.22. The molecule has 0 aliphatic heterocycles. The van der Waals surface area contributed by atoms with Crippen LogP contribution < -0.4 is 0 Å². The molecule has 2 aromatic carbocycles. The third-order valence-corrected chi connectivity index (χ3v) is 4.08. The van der Waals surface area contributed by atoms with Crippen LogP contribution in [-0.4, -0.2) is 9.55 Å². The number of benzene rings is 2.